The number of aliphatic hydroxyl groups is 1. The lowest BCUT2D eigenvalue weighted by Crippen LogP contribution is -2.49. The summed E-state index contributed by atoms with van der Waals surface area (Å²) in [6.45, 7) is 7.96. The van der Waals surface area contributed by atoms with Crippen molar-refractivity contribution in [2.45, 2.75) is 82.4 Å². The van der Waals surface area contributed by atoms with Crippen molar-refractivity contribution in [3.63, 3.8) is 0 Å². The van der Waals surface area contributed by atoms with Crippen LogP contribution in [0.5, 0.6) is 5.75 Å². The predicted octanol–water partition coefficient (Wildman–Crippen LogP) is 5.97. The molecule has 2 aliphatic heterocycles. The Bertz CT molecular complexity index is 1270. The summed E-state index contributed by atoms with van der Waals surface area (Å²) in [5.74, 6) is -1.62. The Hall–Kier alpha value is -1.99. The van der Waals surface area contributed by atoms with E-state index in [1.165, 1.54) is 12.1 Å². The Morgan fingerprint density at radius 3 is 2.54 bits per heavy atom. The fourth-order valence-electron chi connectivity index (χ4n) is 6.79. The number of ether oxygens (including phenoxy) is 1. The Morgan fingerprint density at radius 1 is 1.22 bits per heavy atom. The molecule has 0 unspecified atom stereocenters. The third-order valence-electron chi connectivity index (χ3n) is 8.08. The number of esters is 1. The quantitative estimate of drug-likeness (QED) is 0.356. The van der Waals surface area contributed by atoms with Crippen LogP contribution in [0.25, 0.3) is 0 Å². The van der Waals surface area contributed by atoms with Crippen molar-refractivity contribution < 1.29 is 23.8 Å². The zero-order valence-electron chi connectivity index (χ0n) is 21.4. The van der Waals surface area contributed by atoms with Crippen LogP contribution in [0.15, 0.2) is 36.4 Å². The maximum atomic E-state index is 14.9. The molecule has 0 aromatic heterocycles. The number of carbonyl (C=O) groups is 2. The van der Waals surface area contributed by atoms with Crippen LogP contribution < -0.4 is 10.1 Å². The van der Waals surface area contributed by atoms with Crippen molar-refractivity contribution in [1.82, 2.24) is 5.32 Å². The molecule has 3 aliphatic rings. The monoisotopic (exact) mass is 547 g/mol. The molecule has 8 heteroatoms. The number of hydrogen-bond donors (Lipinski definition) is 2. The summed E-state index contributed by atoms with van der Waals surface area (Å²) in [5, 5.41) is 14.1. The highest BCUT2D eigenvalue weighted by molar-refractivity contribution is 6.31. The minimum atomic E-state index is -1.36. The van der Waals surface area contributed by atoms with E-state index in [4.69, 9.17) is 27.9 Å². The number of fused-ring (bicyclic) bond motifs is 2. The number of carbonyl (C=O) groups excluding carboxylic acids is 2. The van der Waals surface area contributed by atoms with Crippen molar-refractivity contribution >= 4 is 35.0 Å². The third-order valence-corrected chi connectivity index (χ3v) is 8.61. The number of benzene rings is 2. The van der Waals surface area contributed by atoms with Gasteiger partial charge in [-0.05, 0) is 61.3 Å². The first-order valence-electron chi connectivity index (χ1n) is 12.7. The zero-order valence-corrected chi connectivity index (χ0v) is 22.9. The number of hydrogen-bond acceptors (Lipinski definition) is 5. The van der Waals surface area contributed by atoms with Crippen molar-refractivity contribution in [2.24, 2.45) is 11.3 Å². The Morgan fingerprint density at radius 2 is 1.92 bits per heavy atom. The highest BCUT2D eigenvalue weighted by atomic mass is 35.5. The van der Waals surface area contributed by atoms with Gasteiger partial charge in [-0.1, -0.05) is 56.1 Å². The topological polar surface area (TPSA) is 75.6 Å². The van der Waals surface area contributed by atoms with Gasteiger partial charge in [-0.3, -0.25) is 9.59 Å². The minimum Gasteiger partial charge on any atom is -0.425 e. The van der Waals surface area contributed by atoms with Crippen LogP contribution in [-0.2, 0) is 15.0 Å². The van der Waals surface area contributed by atoms with Crippen LogP contribution in [0, 0.1) is 17.2 Å². The van der Waals surface area contributed by atoms with Gasteiger partial charge in [-0.2, -0.15) is 0 Å². The second kappa shape index (κ2) is 9.04. The van der Waals surface area contributed by atoms with E-state index in [1.807, 2.05) is 6.07 Å². The molecule has 0 amide bonds. The number of rotatable bonds is 5. The molecular formula is C29H32Cl2FNO4. The lowest BCUT2D eigenvalue weighted by atomic mass is 9.62. The lowest BCUT2D eigenvalue weighted by molar-refractivity contribution is -0.139. The molecule has 0 bridgehead atoms. The van der Waals surface area contributed by atoms with Gasteiger partial charge in [0.1, 0.15) is 17.0 Å². The molecule has 1 saturated carbocycles. The van der Waals surface area contributed by atoms with Crippen LogP contribution in [0.4, 0.5) is 4.39 Å². The maximum absolute atomic E-state index is 14.9. The normalized spacial score (nSPS) is 32.8. The summed E-state index contributed by atoms with van der Waals surface area (Å²) < 4.78 is 20.7. The SMILES string of the molecule is CC(C)(C)C[C@H]1N[C@@H](C(=O)CC2CC(C)(O)C2)[C@H](c2cccc(Cl)c2)[C@@]12C(=O)Oc1cc(Cl)c(F)cc12. The molecule has 5 rings (SSSR count). The molecule has 2 fully saturated rings. The van der Waals surface area contributed by atoms with Gasteiger partial charge in [0, 0.05) is 35.0 Å². The fraction of sp³-hybridized carbons (Fsp3) is 0.517. The molecule has 1 saturated heterocycles. The first-order chi connectivity index (χ1) is 17.2. The molecule has 37 heavy (non-hydrogen) atoms. The Balaban J connectivity index is 1.68. The van der Waals surface area contributed by atoms with Crippen LogP contribution in [0.3, 0.4) is 0 Å². The van der Waals surface area contributed by atoms with Crippen LogP contribution in [0.2, 0.25) is 10.0 Å². The molecule has 2 aromatic rings. The summed E-state index contributed by atoms with van der Waals surface area (Å²) >= 11 is 12.5. The van der Waals surface area contributed by atoms with Gasteiger partial charge < -0.3 is 15.2 Å². The van der Waals surface area contributed by atoms with Crippen molar-refractivity contribution in [1.29, 1.82) is 0 Å². The van der Waals surface area contributed by atoms with Crippen molar-refractivity contribution in [2.75, 3.05) is 0 Å². The lowest BCUT2D eigenvalue weighted by Gasteiger charge is -2.41. The highest BCUT2D eigenvalue weighted by Gasteiger charge is 2.67. The Labute approximate surface area is 226 Å². The molecule has 0 radical (unpaired) electrons. The molecule has 4 atom stereocenters. The van der Waals surface area contributed by atoms with Crippen molar-refractivity contribution in [3.05, 3.63) is 63.4 Å². The van der Waals surface area contributed by atoms with Crippen LogP contribution >= 0.6 is 23.2 Å². The van der Waals surface area contributed by atoms with Crippen LogP contribution in [-0.4, -0.2) is 34.5 Å². The summed E-state index contributed by atoms with van der Waals surface area (Å²) in [6, 6.07) is 8.53. The number of nitrogens with one attached hydrogen (secondary N) is 1. The average Bonchev–Trinajstić information content (AvgIpc) is 3.22. The van der Waals surface area contributed by atoms with Gasteiger partial charge >= 0.3 is 5.97 Å². The van der Waals surface area contributed by atoms with E-state index in [-0.39, 0.29) is 34.3 Å². The molecular weight excluding hydrogens is 516 g/mol. The van der Waals surface area contributed by atoms with E-state index in [9.17, 15) is 19.1 Å². The number of halogens is 3. The largest absolute Gasteiger partial charge is 0.425 e. The van der Waals surface area contributed by atoms with E-state index >= 15 is 0 Å². The smallest absolute Gasteiger partial charge is 0.324 e. The molecule has 1 aliphatic carbocycles. The van der Waals surface area contributed by atoms with Crippen LogP contribution in [0.1, 0.15) is 70.4 Å². The van der Waals surface area contributed by atoms with Gasteiger partial charge in [0.25, 0.3) is 0 Å². The standard InChI is InChI=1S/C29H32Cl2FNO4/c1-27(2,3)14-23-29(18-10-20(32)19(31)11-22(18)37-26(29)35)24(16-6-5-7-17(30)9-16)25(33-23)21(34)8-15-12-28(4,36)13-15/h5-7,9-11,15,23-25,33,36H,8,12-14H2,1-4H3/t15?,23-,24+,25+,28?,29+/m1/s1. The molecule has 5 nitrogen and oxygen atoms in total. The first-order valence-corrected chi connectivity index (χ1v) is 13.5. The van der Waals surface area contributed by atoms with Crippen molar-refractivity contribution in [3.8, 4) is 5.75 Å². The first kappa shape index (κ1) is 26.6. The summed E-state index contributed by atoms with van der Waals surface area (Å²) in [6.07, 6.45) is 1.92. The summed E-state index contributed by atoms with van der Waals surface area (Å²) in [7, 11) is 0. The third kappa shape index (κ3) is 4.60. The summed E-state index contributed by atoms with van der Waals surface area (Å²) in [5.41, 5.74) is -1.23. The van der Waals surface area contributed by atoms with E-state index in [2.05, 4.69) is 26.1 Å². The zero-order chi connectivity index (χ0) is 26.9. The molecule has 2 aromatic carbocycles. The Kier molecular flexibility index (Phi) is 6.51. The highest BCUT2D eigenvalue weighted by Crippen LogP contribution is 2.58. The van der Waals surface area contributed by atoms with Gasteiger partial charge in [-0.15, -0.1) is 0 Å². The second-order valence-electron chi connectivity index (χ2n) is 12.5. The molecule has 2 N–H and O–H groups in total. The predicted molar refractivity (Wildman–Crippen MR) is 141 cm³/mol. The van der Waals surface area contributed by atoms with Gasteiger partial charge in [-0.25, -0.2) is 4.39 Å². The molecule has 2 heterocycles. The minimum absolute atomic E-state index is 0.0445. The van der Waals surface area contributed by atoms with E-state index in [0.29, 0.717) is 35.4 Å². The van der Waals surface area contributed by atoms with E-state index in [1.54, 1.807) is 25.1 Å². The fourth-order valence-corrected chi connectivity index (χ4v) is 7.14. The van der Waals surface area contributed by atoms with Gasteiger partial charge in [0.05, 0.1) is 16.7 Å². The number of Topliss-reactive ketones (excluding diaryl/α,β-unsaturated/α-hetero) is 1. The van der Waals surface area contributed by atoms with E-state index < -0.39 is 40.8 Å². The molecule has 1 spiro atoms. The summed E-state index contributed by atoms with van der Waals surface area (Å²) in [4.78, 5) is 27.9. The maximum Gasteiger partial charge on any atom is 0.324 e. The average molecular weight is 548 g/mol. The van der Waals surface area contributed by atoms with Gasteiger partial charge in [0.15, 0.2) is 5.78 Å². The molecule has 198 valence electrons. The number of ketones is 1. The van der Waals surface area contributed by atoms with E-state index in [0.717, 1.165) is 0 Å². The second-order valence-corrected chi connectivity index (χ2v) is 13.3. The van der Waals surface area contributed by atoms with Gasteiger partial charge in [0.2, 0.25) is 0 Å².